The Morgan fingerprint density at radius 3 is 1.27 bits per heavy atom. The number of nitrogens with zero attached hydrogens (tertiary/aromatic N) is 1. The summed E-state index contributed by atoms with van der Waals surface area (Å²) in [7, 11) is 1.22. The van der Waals surface area contributed by atoms with Gasteiger partial charge in [0.15, 0.2) is 0 Å². The number of hydrogen-bond acceptors (Lipinski definition) is 6. The predicted molar refractivity (Wildman–Crippen MR) is 315 cm³/mol. The number of aliphatic hydroxyl groups excluding tert-OH is 1. The molecule has 8 nitrogen and oxygen atoms in total. The van der Waals surface area contributed by atoms with Gasteiger partial charge in [-0.1, -0.05) is 238 Å². The topological polar surface area (TPSA) is 108 Å². The van der Waals surface area contributed by atoms with E-state index in [0.29, 0.717) is 17.4 Å². The van der Waals surface area contributed by atoms with Crippen LogP contribution in [0, 0.1) is 0 Å². The van der Waals surface area contributed by atoms with E-state index in [4.69, 9.17) is 9.05 Å². The van der Waals surface area contributed by atoms with Crippen molar-refractivity contribution in [2.45, 2.75) is 238 Å². The minimum absolute atomic E-state index is 0.0153. The van der Waals surface area contributed by atoms with Gasteiger partial charge in [0.1, 0.15) is 13.2 Å². The fourth-order valence-corrected chi connectivity index (χ4v) is 8.53. The molecule has 9 heteroatoms. The van der Waals surface area contributed by atoms with Crippen LogP contribution < -0.4 is 10.2 Å². The summed E-state index contributed by atoms with van der Waals surface area (Å²) >= 11 is 0. The standard InChI is InChI=1S/C64H111N2O6P/c1-6-8-10-12-14-16-18-20-22-24-26-27-28-29-30-31-32-33-34-35-36-37-38-39-40-42-44-46-48-50-52-54-56-58-64(68)65-62(61-72-73(69,70)71-60-59-66(3,4)5)63(67)57-55-53-51-49-47-45-43-41-25-23-21-19-17-15-13-11-9-7-2/h8,10,14,16,20,22,25-27,29-30,32-33,35-36,41,47,49,55,57,62-63,67H,6-7,9,11-13,15,17-19,21,23-24,28,31,34,37-40,42-46,48,50-54,56,58-61H2,1-5H3,(H-,65,68,69,70)/b10-8-,16-14-,22-20-,27-26-,30-29-,33-32-,36-35-,41-25+,49-47+,57-55+. The van der Waals surface area contributed by atoms with Gasteiger partial charge >= 0.3 is 0 Å². The van der Waals surface area contributed by atoms with Crippen molar-refractivity contribution in [2.24, 2.45) is 0 Å². The lowest BCUT2D eigenvalue weighted by Gasteiger charge is -2.29. The van der Waals surface area contributed by atoms with Gasteiger partial charge in [0.25, 0.3) is 7.82 Å². The van der Waals surface area contributed by atoms with Crippen LogP contribution in [0.1, 0.15) is 226 Å². The SMILES string of the molecule is CC/C=C\C/C=C\C/C=C\C/C=C\C/C=C\C/C=C\C/C=C\CCCCCCCCCCCCCC(=O)NC(COP(=O)([O-])OCC[N+](C)(C)C)C(O)/C=C/CC/C=C/CC/C=C/CCCCCCCCCC. The second-order valence-electron chi connectivity index (χ2n) is 20.6. The Labute approximate surface area is 450 Å². The number of likely N-dealkylation sites (N-methyl/N-ethyl adjacent to an activating group) is 1. The lowest BCUT2D eigenvalue weighted by molar-refractivity contribution is -0.870. The number of phosphoric acid groups is 1. The van der Waals surface area contributed by atoms with Crippen molar-refractivity contribution in [3.63, 3.8) is 0 Å². The Morgan fingerprint density at radius 2 is 0.849 bits per heavy atom. The zero-order valence-corrected chi connectivity index (χ0v) is 48.4. The van der Waals surface area contributed by atoms with E-state index in [1.165, 1.54) is 109 Å². The van der Waals surface area contributed by atoms with Crippen LogP contribution in [0.4, 0.5) is 0 Å². The Hall–Kier alpha value is -3.10. The molecule has 0 aliphatic rings. The molecule has 0 radical (unpaired) electrons. The Balaban J connectivity index is 4.23. The minimum atomic E-state index is -4.62. The molecule has 73 heavy (non-hydrogen) atoms. The van der Waals surface area contributed by atoms with Crippen molar-refractivity contribution in [3.05, 3.63) is 122 Å². The number of allylic oxidation sites excluding steroid dienone is 19. The first-order valence-corrected chi connectivity index (χ1v) is 30.9. The normalized spacial score (nSPS) is 14.8. The third kappa shape index (κ3) is 56.5. The number of hydrogen-bond donors (Lipinski definition) is 2. The molecule has 0 bridgehead atoms. The van der Waals surface area contributed by atoms with Crippen molar-refractivity contribution in [1.82, 2.24) is 5.32 Å². The number of unbranched alkanes of at least 4 members (excludes halogenated alkanes) is 21. The summed E-state index contributed by atoms with van der Waals surface area (Å²) in [5, 5.41) is 13.9. The number of carbonyl (C=O) groups is 1. The van der Waals surface area contributed by atoms with Crippen molar-refractivity contribution in [3.8, 4) is 0 Å². The summed E-state index contributed by atoms with van der Waals surface area (Å²) in [6.07, 6.45) is 79.9. The van der Waals surface area contributed by atoms with Gasteiger partial charge in [-0.2, -0.15) is 0 Å². The summed E-state index contributed by atoms with van der Waals surface area (Å²) in [5.41, 5.74) is 0. The molecule has 0 aromatic heterocycles. The molecule has 2 N–H and O–H groups in total. The molecule has 0 saturated carbocycles. The van der Waals surface area contributed by atoms with Crippen LogP contribution in [0.2, 0.25) is 0 Å². The summed E-state index contributed by atoms with van der Waals surface area (Å²) in [6, 6.07) is -0.920. The molecule has 1 amide bonds. The zero-order valence-electron chi connectivity index (χ0n) is 47.5. The van der Waals surface area contributed by atoms with Crippen LogP contribution >= 0.6 is 7.82 Å². The maximum absolute atomic E-state index is 13.0. The molecule has 0 saturated heterocycles. The Kier molecular flexibility index (Phi) is 51.4. The highest BCUT2D eigenvalue weighted by Gasteiger charge is 2.23. The summed E-state index contributed by atoms with van der Waals surface area (Å²) in [4.78, 5) is 25.5. The fourth-order valence-electron chi connectivity index (χ4n) is 7.81. The van der Waals surface area contributed by atoms with Crippen molar-refractivity contribution >= 4 is 13.7 Å². The average molecular weight is 1040 g/mol. The van der Waals surface area contributed by atoms with Gasteiger partial charge in [-0.05, 0) is 103 Å². The number of nitrogens with one attached hydrogen (secondary N) is 1. The molecule has 0 rings (SSSR count). The first-order valence-electron chi connectivity index (χ1n) is 29.4. The molecule has 3 unspecified atom stereocenters. The van der Waals surface area contributed by atoms with Crippen LogP contribution in [0.15, 0.2) is 122 Å². The first-order chi connectivity index (χ1) is 35.5. The molecule has 0 aromatic rings. The Bertz CT molecular complexity index is 1600. The number of carbonyl (C=O) groups excluding carboxylic acids is 1. The van der Waals surface area contributed by atoms with Gasteiger partial charge in [-0.25, -0.2) is 0 Å². The number of aliphatic hydroxyl groups is 1. The largest absolute Gasteiger partial charge is 0.756 e. The van der Waals surface area contributed by atoms with E-state index in [0.717, 1.165) is 96.3 Å². The molecule has 3 atom stereocenters. The van der Waals surface area contributed by atoms with Crippen molar-refractivity contribution in [2.75, 3.05) is 40.9 Å². The number of rotatable bonds is 52. The zero-order chi connectivity index (χ0) is 53.5. The third-order valence-electron chi connectivity index (χ3n) is 12.4. The van der Waals surface area contributed by atoms with Gasteiger partial charge in [0, 0.05) is 6.42 Å². The smallest absolute Gasteiger partial charge is 0.268 e. The second-order valence-corrected chi connectivity index (χ2v) is 22.0. The van der Waals surface area contributed by atoms with Crippen LogP contribution in [-0.2, 0) is 18.4 Å². The highest BCUT2D eigenvalue weighted by molar-refractivity contribution is 7.45. The van der Waals surface area contributed by atoms with Gasteiger partial charge < -0.3 is 28.8 Å². The molecule has 418 valence electrons. The second kappa shape index (κ2) is 53.7. The monoisotopic (exact) mass is 1030 g/mol. The van der Waals surface area contributed by atoms with Crippen LogP contribution in [0.5, 0.6) is 0 Å². The first kappa shape index (κ1) is 69.9. The predicted octanol–water partition coefficient (Wildman–Crippen LogP) is 17.5. The highest BCUT2D eigenvalue weighted by atomic mass is 31.2. The van der Waals surface area contributed by atoms with E-state index in [1.54, 1.807) is 6.08 Å². The van der Waals surface area contributed by atoms with E-state index >= 15 is 0 Å². The van der Waals surface area contributed by atoms with Crippen LogP contribution in [0.3, 0.4) is 0 Å². The van der Waals surface area contributed by atoms with E-state index < -0.39 is 26.6 Å². The average Bonchev–Trinajstić information content (AvgIpc) is 3.35. The molecule has 0 aliphatic heterocycles. The van der Waals surface area contributed by atoms with E-state index in [1.807, 2.05) is 27.2 Å². The molecular formula is C64H111N2O6P. The van der Waals surface area contributed by atoms with E-state index in [-0.39, 0.29) is 12.5 Å². The van der Waals surface area contributed by atoms with Crippen molar-refractivity contribution in [1.29, 1.82) is 0 Å². The molecule has 0 fully saturated rings. The molecular weight excluding hydrogens is 924 g/mol. The summed E-state index contributed by atoms with van der Waals surface area (Å²) < 4.78 is 23.3. The quantitative estimate of drug-likeness (QED) is 0.0272. The summed E-state index contributed by atoms with van der Waals surface area (Å²) in [5.74, 6) is -0.220. The lowest BCUT2D eigenvalue weighted by atomic mass is 10.0. The molecule has 0 heterocycles. The Morgan fingerprint density at radius 1 is 0.493 bits per heavy atom. The maximum Gasteiger partial charge on any atom is 0.268 e. The summed E-state index contributed by atoms with van der Waals surface area (Å²) in [6.45, 7) is 4.49. The van der Waals surface area contributed by atoms with Crippen LogP contribution in [-0.4, -0.2) is 68.5 Å². The van der Waals surface area contributed by atoms with Gasteiger partial charge in [0.05, 0.1) is 39.9 Å². The van der Waals surface area contributed by atoms with Gasteiger partial charge in [-0.15, -0.1) is 0 Å². The number of amides is 1. The van der Waals surface area contributed by atoms with E-state index in [9.17, 15) is 19.4 Å². The molecule has 0 aromatic carbocycles. The number of quaternary nitrogens is 1. The third-order valence-corrected chi connectivity index (χ3v) is 13.3. The highest BCUT2D eigenvalue weighted by Crippen LogP contribution is 2.38. The number of phosphoric ester groups is 1. The van der Waals surface area contributed by atoms with E-state index in [2.05, 4.69) is 129 Å². The molecule has 0 aliphatic carbocycles. The maximum atomic E-state index is 13.0. The molecule has 0 spiro atoms. The fraction of sp³-hybridized carbons (Fsp3) is 0.672. The van der Waals surface area contributed by atoms with Crippen molar-refractivity contribution < 1.29 is 32.9 Å². The van der Waals surface area contributed by atoms with Gasteiger partial charge in [-0.3, -0.25) is 9.36 Å². The minimum Gasteiger partial charge on any atom is -0.756 e. The van der Waals surface area contributed by atoms with Crippen LogP contribution in [0.25, 0.3) is 0 Å². The van der Waals surface area contributed by atoms with Gasteiger partial charge in [0.2, 0.25) is 5.91 Å². The lowest BCUT2D eigenvalue weighted by Crippen LogP contribution is -2.45.